The first-order valence-electron chi connectivity index (χ1n) is 5.31. The highest BCUT2D eigenvalue weighted by atomic mass is 79.9. The van der Waals surface area contributed by atoms with E-state index in [2.05, 4.69) is 40.3 Å². The number of thiophene rings is 1. The zero-order chi connectivity index (χ0) is 12.4. The molecule has 0 aliphatic heterocycles. The topological polar surface area (TPSA) is 12.0 Å². The third kappa shape index (κ3) is 3.03. The first-order chi connectivity index (χ1) is 8.08. The molecular weight excluding hydrogens is 318 g/mol. The second kappa shape index (κ2) is 5.42. The Morgan fingerprint density at radius 1 is 1.35 bits per heavy atom. The summed E-state index contributed by atoms with van der Waals surface area (Å²) in [5.41, 5.74) is 2.20. The Labute approximate surface area is 119 Å². The van der Waals surface area contributed by atoms with Crippen LogP contribution in [0.2, 0.25) is 5.02 Å². The second-order valence-electron chi connectivity index (χ2n) is 3.88. The van der Waals surface area contributed by atoms with Crippen molar-refractivity contribution in [3.8, 4) is 0 Å². The van der Waals surface area contributed by atoms with Gasteiger partial charge in [0.15, 0.2) is 0 Å². The normalized spacial score (nSPS) is 10.6. The molecule has 0 fully saturated rings. The average molecular weight is 331 g/mol. The molecule has 0 saturated heterocycles. The number of benzene rings is 1. The predicted octanol–water partition coefficient (Wildman–Crippen LogP) is 5.39. The van der Waals surface area contributed by atoms with E-state index in [0.29, 0.717) is 0 Å². The average Bonchev–Trinajstić information content (AvgIpc) is 2.61. The lowest BCUT2D eigenvalue weighted by Gasteiger charge is -2.09. The van der Waals surface area contributed by atoms with E-state index >= 15 is 0 Å². The highest BCUT2D eigenvalue weighted by Gasteiger charge is 2.04. The molecule has 0 aliphatic rings. The minimum atomic E-state index is 0.804. The van der Waals surface area contributed by atoms with E-state index in [1.54, 1.807) is 11.3 Å². The molecule has 17 heavy (non-hydrogen) atoms. The van der Waals surface area contributed by atoms with E-state index in [1.807, 2.05) is 19.1 Å². The van der Waals surface area contributed by atoms with Crippen LogP contribution in [0.4, 0.5) is 5.69 Å². The molecule has 0 unspecified atom stereocenters. The van der Waals surface area contributed by atoms with Gasteiger partial charge in [0, 0.05) is 31.5 Å². The minimum Gasteiger partial charge on any atom is -0.380 e. The zero-order valence-corrected chi connectivity index (χ0v) is 12.8. The summed E-state index contributed by atoms with van der Waals surface area (Å²) in [4.78, 5) is 2.62. The van der Waals surface area contributed by atoms with Gasteiger partial charge in [0.1, 0.15) is 0 Å². The van der Waals surface area contributed by atoms with Gasteiger partial charge in [-0.25, -0.2) is 0 Å². The molecule has 0 saturated carbocycles. The molecule has 2 aromatic rings. The lowest BCUT2D eigenvalue weighted by Crippen LogP contribution is -1.99. The van der Waals surface area contributed by atoms with E-state index in [0.717, 1.165) is 22.8 Å². The quantitative estimate of drug-likeness (QED) is 0.795. The van der Waals surface area contributed by atoms with E-state index in [9.17, 15) is 0 Å². The molecule has 0 radical (unpaired) electrons. The molecule has 0 amide bonds. The second-order valence-corrected chi connectivity index (χ2v) is 6.49. The van der Waals surface area contributed by atoms with Crippen LogP contribution in [0.3, 0.4) is 0 Å². The van der Waals surface area contributed by atoms with E-state index in [1.165, 1.54) is 14.2 Å². The maximum Gasteiger partial charge on any atom is 0.0494 e. The van der Waals surface area contributed by atoms with Gasteiger partial charge < -0.3 is 5.32 Å². The molecule has 0 atom stereocenters. The summed E-state index contributed by atoms with van der Waals surface area (Å²) in [5.74, 6) is 0. The molecule has 4 heteroatoms. The fourth-order valence-electron chi connectivity index (χ4n) is 1.59. The Bertz CT molecular complexity index is 517. The van der Waals surface area contributed by atoms with E-state index in [-0.39, 0.29) is 0 Å². The van der Waals surface area contributed by atoms with Crippen molar-refractivity contribution in [1.29, 1.82) is 0 Å². The molecule has 1 nitrogen and oxygen atoms in total. The van der Waals surface area contributed by atoms with Crippen molar-refractivity contribution in [2.75, 3.05) is 5.32 Å². The van der Waals surface area contributed by atoms with Gasteiger partial charge in [-0.2, -0.15) is 0 Å². The summed E-state index contributed by atoms with van der Waals surface area (Å²) in [6, 6.07) is 8.09. The van der Waals surface area contributed by atoms with Crippen molar-refractivity contribution in [2.45, 2.75) is 20.4 Å². The van der Waals surface area contributed by atoms with Crippen molar-refractivity contribution in [2.24, 2.45) is 0 Å². The van der Waals surface area contributed by atoms with Crippen LogP contribution in [0.5, 0.6) is 0 Å². The Morgan fingerprint density at radius 2 is 2.12 bits per heavy atom. The Kier molecular flexibility index (Phi) is 4.13. The van der Waals surface area contributed by atoms with Crippen LogP contribution >= 0.6 is 38.9 Å². The predicted molar refractivity (Wildman–Crippen MR) is 80.3 cm³/mol. The van der Waals surface area contributed by atoms with Crippen LogP contribution in [0, 0.1) is 13.8 Å². The fourth-order valence-corrected chi connectivity index (χ4v) is 3.30. The van der Waals surface area contributed by atoms with Crippen molar-refractivity contribution in [1.82, 2.24) is 0 Å². The van der Waals surface area contributed by atoms with E-state index in [4.69, 9.17) is 11.6 Å². The summed E-state index contributed by atoms with van der Waals surface area (Å²) in [6.45, 7) is 4.97. The third-order valence-corrected chi connectivity index (χ3v) is 5.18. The molecule has 0 aliphatic carbocycles. The summed E-state index contributed by atoms with van der Waals surface area (Å²) < 4.78 is 1.18. The highest BCUT2D eigenvalue weighted by Crippen LogP contribution is 2.28. The van der Waals surface area contributed by atoms with Gasteiger partial charge in [-0.1, -0.05) is 17.7 Å². The number of rotatable bonds is 3. The lowest BCUT2D eigenvalue weighted by molar-refractivity contribution is 1.18. The van der Waals surface area contributed by atoms with Gasteiger partial charge in [0.25, 0.3) is 0 Å². The van der Waals surface area contributed by atoms with Crippen LogP contribution in [0.25, 0.3) is 0 Å². The van der Waals surface area contributed by atoms with Crippen LogP contribution in [-0.2, 0) is 6.54 Å². The molecule has 1 aromatic heterocycles. The monoisotopic (exact) mass is 329 g/mol. The Morgan fingerprint density at radius 3 is 2.76 bits per heavy atom. The molecule has 0 spiro atoms. The molecule has 1 heterocycles. The van der Waals surface area contributed by atoms with Crippen LogP contribution in [0.1, 0.15) is 15.3 Å². The van der Waals surface area contributed by atoms with Gasteiger partial charge in [-0.3, -0.25) is 0 Å². The lowest BCUT2D eigenvalue weighted by atomic mass is 10.2. The van der Waals surface area contributed by atoms with Crippen molar-refractivity contribution >= 4 is 44.6 Å². The third-order valence-electron chi connectivity index (χ3n) is 2.63. The van der Waals surface area contributed by atoms with Gasteiger partial charge >= 0.3 is 0 Å². The number of hydrogen-bond acceptors (Lipinski definition) is 2. The van der Waals surface area contributed by atoms with Crippen molar-refractivity contribution in [3.05, 3.63) is 49.1 Å². The molecule has 0 bridgehead atoms. The summed E-state index contributed by atoms with van der Waals surface area (Å²) in [7, 11) is 0. The Balaban J connectivity index is 2.10. The summed E-state index contributed by atoms with van der Waals surface area (Å²) >= 11 is 11.4. The van der Waals surface area contributed by atoms with Crippen molar-refractivity contribution < 1.29 is 0 Å². The van der Waals surface area contributed by atoms with Gasteiger partial charge in [0.2, 0.25) is 0 Å². The van der Waals surface area contributed by atoms with Gasteiger partial charge in [-0.15, -0.1) is 11.3 Å². The number of aryl methyl sites for hydroxylation is 1. The van der Waals surface area contributed by atoms with Crippen LogP contribution in [0.15, 0.2) is 28.7 Å². The number of hydrogen-bond donors (Lipinski definition) is 1. The number of halogens is 2. The molecule has 1 aromatic carbocycles. The van der Waals surface area contributed by atoms with Crippen LogP contribution < -0.4 is 5.32 Å². The molecule has 90 valence electrons. The molecule has 1 N–H and O–H groups in total. The highest BCUT2D eigenvalue weighted by molar-refractivity contribution is 9.10. The first-order valence-corrected chi connectivity index (χ1v) is 7.30. The number of anilines is 1. The largest absolute Gasteiger partial charge is 0.380 e. The number of nitrogens with one attached hydrogen (secondary N) is 1. The molecular formula is C13H13BrClNS. The van der Waals surface area contributed by atoms with Crippen LogP contribution in [-0.4, -0.2) is 0 Å². The fraction of sp³-hybridized carbons (Fsp3) is 0.231. The SMILES string of the molecule is Cc1sc(CNc2cccc(Cl)c2C)cc1Br. The van der Waals surface area contributed by atoms with Gasteiger partial charge in [0.05, 0.1) is 0 Å². The summed E-state index contributed by atoms with van der Waals surface area (Å²) in [5, 5.41) is 4.22. The standard InChI is InChI=1S/C13H13BrClNS/c1-8-12(15)4-3-5-13(8)16-7-10-6-11(14)9(2)17-10/h3-6,16H,7H2,1-2H3. The minimum absolute atomic E-state index is 0.804. The summed E-state index contributed by atoms with van der Waals surface area (Å²) in [6.07, 6.45) is 0. The van der Waals surface area contributed by atoms with Crippen molar-refractivity contribution in [3.63, 3.8) is 0 Å². The Hall–Kier alpha value is -0.510. The van der Waals surface area contributed by atoms with Gasteiger partial charge in [-0.05, 0) is 53.5 Å². The zero-order valence-electron chi connectivity index (χ0n) is 9.68. The first kappa shape index (κ1) is 12.9. The molecule has 2 rings (SSSR count). The maximum absolute atomic E-state index is 6.08. The maximum atomic E-state index is 6.08. The smallest absolute Gasteiger partial charge is 0.0494 e. The van der Waals surface area contributed by atoms with E-state index < -0.39 is 0 Å².